The number of nitrogens with one attached hydrogen (secondary N) is 1. The van der Waals surface area contributed by atoms with Crippen molar-refractivity contribution in [3.8, 4) is 0 Å². The van der Waals surface area contributed by atoms with E-state index < -0.39 is 23.2 Å². The quantitative estimate of drug-likeness (QED) is 0.593. The van der Waals surface area contributed by atoms with Gasteiger partial charge in [0, 0.05) is 12.1 Å². The van der Waals surface area contributed by atoms with Crippen molar-refractivity contribution in [1.29, 1.82) is 0 Å². The van der Waals surface area contributed by atoms with Crippen LogP contribution in [-0.2, 0) is 0 Å². The molecule has 0 aliphatic heterocycles. The SMILES string of the molecule is CCCCCC(C)(C)CNC(=O)c1cc(F)c(N)c(F)c1. The summed E-state index contributed by atoms with van der Waals surface area (Å²) in [7, 11) is 0. The van der Waals surface area contributed by atoms with Gasteiger partial charge in [-0.05, 0) is 24.0 Å². The fraction of sp³-hybridized carbons (Fsp3) is 0.562. The van der Waals surface area contributed by atoms with Crippen LogP contribution in [0.5, 0.6) is 0 Å². The minimum absolute atomic E-state index is 0.0459. The molecule has 0 unspecified atom stereocenters. The average molecular weight is 298 g/mol. The largest absolute Gasteiger partial charge is 0.394 e. The zero-order chi connectivity index (χ0) is 16.0. The molecule has 0 bridgehead atoms. The van der Waals surface area contributed by atoms with Gasteiger partial charge in [0.2, 0.25) is 0 Å². The maximum absolute atomic E-state index is 13.3. The third-order valence-electron chi connectivity index (χ3n) is 3.53. The Bertz CT molecular complexity index is 478. The molecule has 0 aliphatic rings. The maximum Gasteiger partial charge on any atom is 0.251 e. The lowest BCUT2D eigenvalue weighted by atomic mass is 9.87. The number of unbranched alkanes of at least 4 members (excludes halogenated alkanes) is 2. The number of anilines is 1. The van der Waals surface area contributed by atoms with Crippen LogP contribution >= 0.6 is 0 Å². The van der Waals surface area contributed by atoms with Crippen molar-refractivity contribution in [3.05, 3.63) is 29.3 Å². The molecule has 0 radical (unpaired) electrons. The summed E-state index contributed by atoms with van der Waals surface area (Å²) in [4.78, 5) is 12.0. The van der Waals surface area contributed by atoms with Crippen LogP contribution in [0.1, 0.15) is 56.8 Å². The van der Waals surface area contributed by atoms with Crippen LogP contribution in [0.25, 0.3) is 0 Å². The Morgan fingerprint density at radius 2 is 1.81 bits per heavy atom. The summed E-state index contributed by atoms with van der Waals surface area (Å²) in [5.41, 5.74) is 4.52. The standard InChI is InChI=1S/C16H24F2N2O/c1-4-5-6-7-16(2,3)10-20-15(21)11-8-12(17)14(19)13(18)9-11/h8-9H,4-7,10,19H2,1-3H3,(H,20,21). The minimum atomic E-state index is -0.914. The second-order valence-electron chi connectivity index (χ2n) is 6.16. The van der Waals surface area contributed by atoms with Crippen LogP contribution in [0.3, 0.4) is 0 Å². The molecule has 0 heterocycles. The molecule has 0 spiro atoms. The Kier molecular flexibility index (Phi) is 6.12. The number of rotatable bonds is 7. The number of amides is 1. The van der Waals surface area contributed by atoms with Crippen molar-refractivity contribution in [1.82, 2.24) is 5.32 Å². The van der Waals surface area contributed by atoms with E-state index in [4.69, 9.17) is 5.73 Å². The highest BCUT2D eigenvalue weighted by molar-refractivity contribution is 5.94. The highest BCUT2D eigenvalue weighted by Crippen LogP contribution is 2.23. The zero-order valence-electron chi connectivity index (χ0n) is 12.9. The monoisotopic (exact) mass is 298 g/mol. The lowest BCUT2D eigenvalue weighted by Gasteiger charge is -2.25. The fourth-order valence-electron chi connectivity index (χ4n) is 2.08. The summed E-state index contributed by atoms with van der Waals surface area (Å²) in [5, 5.41) is 2.73. The van der Waals surface area contributed by atoms with Gasteiger partial charge in [-0.1, -0.05) is 40.0 Å². The van der Waals surface area contributed by atoms with Crippen molar-refractivity contribution in [3.63, 3.8) is 0 Å². The Labute approximate surface area is 124 Å². The van der Waals surface area contributed by atoms with Gasteiger partial charge in [0.1, 0.15) is 17.3 Å². The maximum atomic E-state index is 13.3. The van der Waals surface area contributed by atoms with Gasteiger partial charge in [-0.25, -0.2) is 8.78 Å². The molecule has 21 heavy (non-hydrogen) atoms. The Morgan fingerprint density at radius 1 is 1.24 bits per heavy atom. The summed E-state index contributed by atoms with van der Waals surface area (Å²) in [5.74, 6) is -2.32. The molecular weight excluding hydrogens is 274 g/mol. The number of nitrogen functional groups attached to an aromatic ring is 1. The molecule has 118 valence electrons. The zero-order valence-corrected chi connectivity index (χ0v) is 12.9. The first-order valence-corrected chi connectivity index (χ1v) is 7.29. The first-order chi connectivity index (χ1) is 9.76. The first kappa shape index (κ1) is 17.4. The number of hydrogen-bond acceptors (Lipinski definition) is 2. The molecule has 0 saturated heterocycles. The van der Waals surface area contributed by atoms with Crippen LogP contribution in [0.4, 0.5) is 14.5 Å². The van der Waals surface area contributed by atoms with Crippen molar-refractivity contribution >= 4 is 11.6 Å². The third-order valence-corrected chi connectivity index (χ3v) is 3.53. The van der Waals surface area contributed by atoms with Crippen LogP contribution in [0, 0.1) is 17.0 Å². The lowest BCUT2D eigenvalue weighted by molar-refractivity contribution is 0.0933. The average Bonchev–Trinajstić information content (AvgIpc) is 2.42. The molecule has 1 amide bonds. The van der Waals surface area contributed by atoms with E-state index in [0.29, 0.717) is 6.54 Å². The number of benzene rings is 1. The number of hydrogen-bond donors (Lipinski definition) is 2. The predicted octanol–water partition coefficient (Wildman–Crippen LogP) is 3.88. The molecule has 0 saturated carbocycles. The van der Waals surface area contributed by atoms with Gasteiger partial charge in [0.05, 0.1) is 0 Å². The Hall–Kier alpha value is -1.65. The molecule has 5 heteroatoms. The van der Waals surface area contributed by atoms with E-state index in [2.05, 4.69) is 26.1 Å². The van der Waals surface area contributed by atoms with E-state index in [1.165, 1.54) is 0 Å². The molecule has 0 atom stereocenters. The van der Waals surface area contributed by atoms with Gasteiger partial charge >= 0.3 is 0 Å². The summed E-state index contributed by atoms with van der Waals surface area (Å²) in [6.45, 7) is 6.72. The van der Waals surface area contributed by atoms with Crippen LogP contribution in [0.2, 0.25) is 0 Å². The fourth-order valence-corrected chi connectivity index (χ4v) is 2.08. The van der Waals surface area contributed by atoms with Gasteiger partial charge < -0.3 is 11.1 Å². The Balaban J connectivity index is 2.61. The minimum Gasteiger partial charge on any atom is -0.394 e. The van der Waals surface area contributed by atoms with Crippen molar-refractivity contribution < 1.29 is 13.6 Å². The lowest BCUT2D eigenvalue weighted by Crippen LogP contribution is -2.34. The predicted molar refractivity (Wildman–Crippen MR) is 81.0 cm³/mol. The summed E-state index contributed by atoms with van der Waals surface area (Å²) < 4.78 is 26.7. The van der Waals surface area contributed by atoms with E-state index in [-0.39, 0.29) is 11.0 Å². The molecule has 0 aliphatic carbocycles. The van der Waals surface area contributed by atoms with E-state index in [1.807, 2.05) is 0 Å². The van der Waals surface area contributed by atoms with Crippen molar-refractivity contribution in [2.24, 2.45) is 5.41 Å². The van der Waals surface area contributed by atoms with E-state index >= 15 is 0 Å². The first-order valence-electron chi connectivity index (χ1n) is 7.29. The van der Waals surface area contributed by atoms with Crippen LogP contribution in [0.15, 0.2) is 12.1 Å². The highest BCUT2D eigenvalue weighted by atomic mass is 19.1. The molecular formula is C16H24F2N2O. The van der Waals surface area contributed by atoms with Gasteiger partial charge in [-0.2, -0.15) is 0 Å². The molecule has 3 nitrogen and oxygen atoms in total. The van der Waals surface area contributed by atoms with Gasteiger partial charge in [-0.15, -0.1) is 0 Å². The molecule has 0 fully saturated rings. The van der Waals surface area contributed by atoms with Crippen LogP contribution in [-0.4, -0.2) is 12.5 Å². The molecule has 3 N–H and O–H groups in total. The molecule has 1 rings (SSSR count). The van der Waals surface area contributed by atoms with Gasteiger partial charge in [-0.3, -0.25) is 4.79 Å². The summed E-state index contributed by atoms with van der Waals surface area (Å²) >= 11 is 0. The Morgan fingerprint density at radius 3 is 2.33 bits per heavy atom. The number of carbonyl (C=O) groups excluding carboxylic acids is 1. The summed E-state index contributed by atoms with van der Waals surface area (Å²) in [6, 6.07) is 1.91. The third kappa shape index (κ3) is 5.33. The van der Waals surface area contributed by atoms with Crippen molar-refractivity contribution in [2.75, 3.05) is 12.3 Å². The topological polar surface area (TPSA) is 55.1 Å². The van der Waals surface area contributed by atoms with E-state index in [1.54, 1.807) is 0 Å². The highest BCUT2D eigenvalue weighted by Gasteiger charge is 2.20. The van der Waals surface area contributed by atoms with E-state index in [9.17, 15) is 13.6 Å². The second kappa shape index (κ2) is 7.38. The number of halogens is 2. The number of nitrogens with two attached hydrogens (primary N) is 1. The van der Waals surface area contributed by atoms with E-state index in [0.717, 1.165) is 37.8 Å². The smallest absolute Gasteiger partial charge is 0.251 e. The van der Waals surface area contributed by atoms with Crippen LogP contribution < -0.4 is 11.1 Å². The molecule has 1 aromatic carbocycles. The normalized spacial score (nSPS) is 11.5. The summed E-state index contributed by atoms with van der Waals surface area (Å²) in [6.07, 6.45) is 4.40. The molecule has 1 aromatic rings. The molecule has 0 aromatic heterocycles. The number of carbonyl (C=O) groups is 1. The van der Waals surface area contributed by atoms with Gasteiger partial charge in [0.15, 0.2) is 0 Å². The second-order valence-corrected chi connectivity index (χ2v) is 6.16. The van der Waals surface area contributed by atoms with Crippen molar-refractivity contribution in [2.45, 2.75) is 46.5 Å². The van der Waals surface area contributed by atoms with Gasteiger partial charge in [0.25, 0.3) is 5.91 Å².